The zero-order valence-corrected chi connectivity index (χ0v) is 23.1. The van der Waals surface area contributed by atoms with Crippen LogP contribution in [0, 0.1) is 6.92 Å². The van der Waals surface area contributed by atoms with Gasteiger partial charge in [0.15, 0.2) is 0 Å². The quantitative estimate of drug-likeness (QED) is 0.289. The second kappa shape index (κ2) is 10.1. The monoisotopic (exact) mass is 556 g/mol. The molecule has 0 amide bonds. The van der Waals surface area contributed by atoms with E-state index in [0.717, 1.165) is 16.9 Å². The zero-order valence-electron chi connectivity index (χ0n) is 21.5. The highest BCUT2D eigenvalue weighted by molar-refractivity contribution is 8.05. The summed E-state index contributed by atoms with van der Waals surface area (Å²) in [5.74, 6) is 0. The number of ether oxygens (including phenoxy) is 2. The maximum atomic E-state index is 12.4. The van der Waals surface area contributed by atoms with E-state index in [1.54, 1.807) is 29.7 Å². The number of morpholine rings is 1. The molecule has 0 aliphatic carbocycles. The SMILES string of the molecule is Cc1ccc(C2(Nc3ccc4c(c3)Sc3cccc(C5CN(c6ccc[nH]c6=O)CCO5)c3S4)COC2)nc1. The van der Waals surface area contributed by atoms with E-state index in [9.17, 15) is 4.79 Å². The molecule has 39 heavy (non-hydrogen) atoms. The highest BCUT2D eigenvalue weighted by Gasteiger charge is 2.42. The summed E-state index contributed by atoms with van der Waals surface area (Å²) in [4.78, 5) is 26.9. The Morgan fingerprint density at radius 3 is 2.77 bits per heavy atom. The van der Waals surface area contributed by atoms with E-state index in [-0.39, 0.29) is 17.2 Å². The first-order valence-electron chi connectivity index (χ1n) is 13.0. The number of aryl methyl sites for hydroxylation is 1. The molecule has 4 aromatic rings. The van der Waals surface area contributed by atoms with Crippen LogP contribution in [0.3, 0.4) is 0 Å². The molecule has 2 saturated heterocycles. The van der Waals surface area contributed by atoms with Crippen LogP contribution in [-0.4, -0.2) is 42.9 Å². The van der Waals surface area contributed by atoms with E-state index in [4.69, 9.17) is 9.47 Å². The summed E-state index contributed by atoms with van der Waals surface area (Å²) in [5, 5.41) is 3.73. The molecule has 5 heterocycles. The zero-order chi connectivity index (χ0) is 26.4. The van der Waals surface area contributed by atoms with Gasteiger partial charge in [-0.15, -0.1) is 0 Å². The van der Waals surface area contributed by atoms with E-state index in [2.05, 4.69) is 75.6 Å². The van der Waals surface area contributed by atoms with Crippen LogP contribution >= 0.6 is 23.5 Å². The molecule has 0 spiro atoms. The number of nitrogens with one attached hydrogen (secondary N) is 2. The van der Waals surface area contributed by atoms with Gasteiger partial charge in [0.05, 0.1) is 25.5 Å². The van der Waals surface area contributed by atoms with E-state index in [1.165, 1.54) is 25.1 Å². The molecule has 0 bridgehead atoms. The molecule has 7 nitrogen and oxygen atoms in total. The molecule has 7 rings (SSSR count). The van der Waals surface area contributed by atoms with Crippen molar-refractivity contribution in [2.24, 2.45) is 0 Å². The number of aromatic nitrogens is 2. The average molecular weight is 557 g/mol. The number of benzene rings is 2. The van der Waals surface area contributed by atoms with Crippen molar-refractivity contribution in [1.29, 1.82) is 0 Å². The van der Waals surface area contributed by atoms with Gasteiger partial charge in [0, 0.05) is 50.8 Å². The van der Waals surface area contributed by atoms with Gasteiger partial charge in [0.2, 0.25) is 0 Å². The second-order valence-corrected chi connectivity index (χ2v) is 12.3. The van der Waals surface area contributed by atoms with Crippen LogP contribution in [0.1, 0.15) is 22.9 Å². The van der Waals surface area contributed by atoms with Crippen LogP contribution < -0.4 is 15.8 Å². The van der Waals surface area contributed by atoms with Crippen LogP contribution in [0.25, 0.3) is 0 Å². The minimum Gasteiger partial charge on any atom is -0.376 e. The van der Waals surface area contributed by atoms with Gasteiger partial charge in [-0.3, -0.25) is 9.78 Å². The van der Waals surface area contributed by atoms with E-state index in [0.29, 0.717) is 38.6 Å². The number of pyridine rings is 2. The molecule has 9 heteroatoms. The molecule has 2 N–H and O–H groups in total. The molecule has 1 unspecified atom stereocenters. The van der Waals surface area contributed by atoms with Crippen LogP contribution in [0.2, 0.25) is 0 Å². The van der Waals surface area contributed by atoms with Crippen LogP contribution in [0.5, 0.6) is 0 Å². The smallest absolute Gasteiger partial charge is 0.271 e. The third-order valence-corrected chi connectivity index (χ3v) is 10.0. The van der Waals surface area contributed by atoms with Crippen LogP contribution in [0.15, 0.2) is 97.4 Å². The van der Waals surface area contributed by atoms with E-state index < -0.39 is 0 Å². The maximum absolute atomic E-state index is 12.4. The average Bonchev–Trinajstić information content (AvgIpc) is 2.94. The van der Waals surface area contributed by atoms with Crippen molar-refractivity contribution in [3.63, 3.8) is 0 Å². The number of H-pyrrole nitrogens is 1. The number of hydrogen-bond donors (Lipinski definition) is 2. The number of rotatable bonds is 5. The number of fused-ring (bicyclic) bond motifs is 2. The minimum absolute atomic E-state index is 0.0649. The largest absolute Gasteiger partial charge is 0.376 e. The Morgan fingerprint density at radius 2 is 1.97 bits per heavy atom. The van der Waals surface area contributed by atoms with E-state index in [1.807, 2.05) is 18.3 Å². The molecular weight excluding hydrogens is 528 g/mol. The van der Waals surface area contributed by atoms with Crippen molar-refractivity contribution in [2.75, 3.05) is 43.1 Å². The van der Waals surface area contributed by atoms with Crippen molar-refractivity contribution in [3.05, 3.63) is 100 Å². The number of anilines is 2. The normalized spacial score (nSPS) is 19.5. The first-order chi connectivity index (χ1) is 19.1. The van der Waals surface area contributed by atoms with Gasteiger partial charge < -0.3 is 24.7 Å². The maximum Gasteiger partial charge on any atom is 0.271 e. The fourth-order valence-electron chi connectivity index (χ4n) is 5.29. The van der Waals surface area contributed by atoms with Crippen LogP contribution in [0.4, 0.5) is 11.4 Å². The standard InChI is InChI=1S/C30H28N4O3S2/c1-19-7-10-27(32-15-19)30(17-36-18-30)33-20-8-9-24-26(14-20)38-25-6-2-4-21(28(25)39-24)23-16-34(12-13-37-23)22-5-3-11-31-29(22)35/h2-11,14-15,23,33H,12-13,16-18H2,1H3,(H,31,35). The highest BCUT2D eigenvalue weighted by Crippen LogP contribution is 2.52. The molecule has 0 saturated carbocycles. The topological polar surface area (TPSA) is 79.5 Å². The lowest BCUT2D eigenvalue weighted by atomic mass is 9.91. The van der Waals surface area contributed by atoms with Gasteiger partial charge in [0.1, 0.15) is 17.3 Å². The van der Waals surface area contributed by atoms with Gasteiger partial charge in [-0.2, -0.15) is 0 Å². The Hall–Kier alpha value is -3.24. The predicted octanol–water partition coefficient (Wildman–Crippen LogP) is 5.61. The van der Waals surface area contributed by atoms with Crippen molar-refractivity contribution < 1.29 is 9.47 Å². The summed E-state index contributed by atoms with van der Waals surface area (Å²) in [6.45, 7) is 5.17. The van der Waals surface area contributed by atoms with Crippen LogP contribution in [-0.2, 0) is 15.0 Å². The minimum atomic E-state index is -0.301. The Kier molecular flexibility index (Phi) is 6.39. The third kappa shape index (κ3) is 4.63. The Morgan fingerprint density at radius 1 is 1.05 bits per heavy atom. The lowest BCUT2D eigenvalue weighted by Gasteiger charge is -2.42. The summed E-state index contributed by atoms with van der Waals surface area (Å²) in [5.41, 5.74) is 4.72. The molecule has 3 aliphatic heterocycles. The van der Waals surface area contributed by atoms with Gasteiger partial charge in [0.25, 0.3) is 5.56 Å². The number of hydrogen-bond acceptors (Lipinski definition) is 8. The summed E-state index contributed by atoms with van der Waals surface area (Å²) >= 11 is 3.59. The van der Waals surface area contributed by atoms with Gasteiger partial charge in [-0.25, -0.2) is 0 Å². The predicted molar refractivity (Wildman–Crippen MR) is 154 cm³/mol. The lowest BCUT2D eigenvalue weighted by molar-refractivity contribution is -0.0467. The van der Waals surface area contributed by atoms with Gasteiger partial charge in [-0.1, -0.05) is 41.7 Å². The van der Waals surface area contributed by atoms with Crippen molar-refractivity contribution in [3.8, 4) is 0 Å². The van der Waals surface area contributed by atoms with E-state index >= 15 is 0 Å². The first kappa shape index (κ1) is 24.8. The van der Waals surface area contributed by atoms with Gasteiger partial charge >= 0.3 is 0 Å². The Bertz CT molecular complexity index is 1590. The molecule has 0 radical (unpaired) electrons. The molecule has 2 aromatic carbocycles. The Labute approximate surface area is 235 Å². The van der Waals surface area contributed by atoms with Crippen molar-refractivity contribution in [1.82, 2.24) is 9.97 Å². The summed E-state index contributed by atoms with van der Waals surface area (Å²) < 4.78 is 11.9. The molecule has 2 aromatic heterocycles. The summed E-state index contributed by atoms with van der Waals surface area (Å²) in [6, 6.07) is 21.0. The van der Waals surface area contributed by atoms with Gasteiger partial charge in [-0.05, 0) is 60.5 Å². The summed E-state index contributed by atoms with van der Waals surface area (Å²) in [7, 11) is 0. The Balaban J connectivity index is 1.13. The second-order valence-electron chi connectivity index (χ2n) is 10.2. The molecule has 3 aliphatic rings. The highest BCUT2D eigenvalue weighted by atomic mass is 32.2. The van der Waals surface area contributed by atoms with Crippen molar-refractivity contribution in [2.45, 2.75) is 38.1 Å². The lowest BCUT2D eigenvalue weighted by Crippen LogP contribution is -2.53. The molecular formula is C30H28N4O3S2. The summed E-state index contributed by atoms with van der Waals surface area (Å²) in [6.07, 6.45) is 3.48. The molecule has 2 fully saturated rings. The number of aromatic amines is 1. The third-order valence-electron chi connectivity index (χ3n) is 7.42. The molecule has 198 valence electrons. The first-order valence-corrected chi connectivity index (χ1v) is 14.7. The fourth-order valence-corrected chi connectivity index (χ4v) is 7.74. The fraction of sp³-hybridized carbons (Fsp3) is 0.267. The van der Waals surface area contributed by atoms with Crippen molar-refractivity contribution >= 4 is 34.9 Å². The number of nitrogens with zero attached hydrogens (tertiary/aromatic N) is 2. The molecule has 1 atom stereocenters.